The first kappa shape index (κ1) is 14.4. The highest BCUT2D eigenvalue weighted by atomic mass is 79.9. The van der Waals surface area contributed by atoms with E-state index in [1.807, 2.05) is 55.5 Å². The number of pyridine rings is 1. The van der Waals surface area contributed by atoms with Crippen LogP contribution in [0.2, 0.25) is 0 Å². The lowest BCUT2D eigenvalue weighted by atomic mass is 10.1. The second kappa shape index (κ2) is 6.04. The molecule has 0 amide bonds. The van der Waals surface area contributed by atoms with E-state index >= 15 is 0 Å². The molecule has 0 radical (unpaired) electrons. The van der Waals surface area contributed by atoms with Gasteiger partial charge < -0.3 is 4.74 Å². The predicted molar refractivity (Wildman–Crippen MR) is 90.3 cm³/mol. The van der Waals surface area contributed by atoms with Crippen LogP contribution in [0.5, 0.6) is 11.6 Å². The molecule has 4 heteroatoms. The molecule has 0 unspecified atom stereocenters. The minimum atomic E-state index is 0.429. The Balaban J connectivity index is 2.02. The Kier molecular flexibility index (Phi) is 4.13. The smallest absolute Gasteiger partial charge is 0.220 e. The summed E-state index contributed by atoms with van der Waals surface area (Å²) in [6, 6.07) is 15.7. The van der Waals surface area contributed by atoms with E-state index in [4.69, 9.17) is 16.3 Å². The van der Waals surface area contributed by atoms with Gasteiger partial charge >= 0.3 is 0 Å². The van der Waals surface area contributed by atoms with Crippen molar-refractivity contribution >= 4 is 38.4 Å². The summed E-state index contributed by atoms with van der Waals surface area (Å²) in [5, 5.41) is 1.06. The van der Waals surface area contributed by atoms with Crippen molar-refractivity contribution in [2.75, 3.05) is 0 Å². The Hall–Kier alpha value is -1.58. The van der Waals surface area contributed by atoms with Gasteiger partial charge in [0.1, 0.15) is 5.75 Å². The summed E-state index contributed by atoms with van der Waals surface area (Å²) < 4.78 is 6.93. The molecule has 1 aromatic heterocycles. The van der Waals surface area contributed by atoms with Gasteiger partial charge in [-0.2, -0.15) is 0 Å². The molecule has 1 heterocycles. The van der Waals surface area contributed by atoms with Gasteiger partial charge in [0, 0.05) is 21.8 Å². The minimum absolute atomic E-state index is 0.429. The lowest BCUT2D eigenvalue weighted by Crippen LogP contribution is -1.93. The average molecular weight is 363 g/mol. The van der Waals surface area contributed by atoms with E-state index in [0.29, 0.717) is 11.8 Å². The number of fused-ring (bicyclic) bond motifs is 1. The van der Waals surface area contributed by atoms with Crippen molar-refractivity contribution in [1.82, 2.24) is 4.98 Å². The number of alkyl halides is 1. The fourth-order valence-electron chi connectivity index (χ4n) is 2.18. The molecule has 0 saturated heterocycles. The first-order chi connectivity index (χ1) is 10.2. The highest BCUT2D eigenvalue weighted by Crippen LogP contribution is 2.28. The van der Waals surface area contributed by atoms with Gasteiger partial charge in [-0.05, 0) is 42.3 Å². The third-order valence-electron chi connectivity index (χ3n) is 3.27. The average Bonchev–Trinajstić information content (AvgIpc) is 2.50. The highest BCUT2D eigenvalue weighted by molar-refractivity contribution is 9.10. The molecule has 0 N–H and O–H groups in total. The van der Waals surface area contributed by atoms with E-state index in [2.05, 4.69) is 20.9 Å². The maximum atomic E-state index is 6.04. The third kappa shape index (κ3) is 3.04. The molecule has 0 fully saturated rings. The second-order valence-corrected chi connectivity index (χ2v) is 5.91. The van der Waals surface area contributed by atoms with Crippen LogP contribution in [0.1, 0.15) is 11.1 Å². The van der Waals surface area contributed by atoms with E-state index < -0.39 is 0 Å². The Morgan fingerprint density at radius 2 is 1.95 bits per heavy atom. The predicted octanol–water partition coefficient (Wildman–Crippen LogP) is 5.84. The minimum Gasteiger partial charge on any atom is -0.439 e. The summed E-state index contributed by atoms with van der Waals surface area (Å²) >= 11 is 9.52. The van der Waals surface area contributed by atoms with Crippen LogP contribution in [0.25, 0.3) is 10.9 Å². The summed E-state index contributed by atoms with van der Waals surface area (Å²) in [5.41, 5.74) is 3.02. The molecule has 0 aliphatic rings. The summed E-state index contributed by atoms with van der Waals surface area (Å²) in [5.74, 6) is 1.75. The van der Waals surface area contributed by atoms with Crippen molar-refractivity contribution < 1.29 is 4.74 Å². The molecule has 0 spiro atoms. The van der Waals surface area contributed by atoms with Gasteiger partial charge in [0.05, 0.1) is 5.52 Å². The van der Waals surface area contributed by atoms with Crippen molar-refractivity contribution in [1.29, 1.82) is 0 Å². The molecule has 2 nitrogen and oxygen atoms in total. The number of hydrogen-bond donors (Lipinski definition) is 0. The summed E-state index contributed by atoms with van der Waals surface area (Å²) in [6.07, 6.45) is 0. The Morgan fingerprint density at radius 3 is 2.71 bits per heavy atom. The topological polar surface area (TPSA) is 22.1 Å². The number of aryl methyl sites for hydroxylation is 1. The van der Waals surface area contributed by atoms with Gasteiger partial charge in [0.25, 0.3) is 0 Å². The van der Waals surface area contributed by atoms with Gasteiger partial charge in [-0.15, -0.1) is 11.6 Å². The lowest BCUT2D eigenvalue weighted by molar-refractivity contribution is 0.464. The van der Waals surface area contributed by atoms with Gasteiger partial charge in [0.2, 0.25) is 5.88 Å². The molecule has 0 atom stereocenters. The van der Waals surface area contributed by atoms with Crippen molar-refractivity contribution in [2.24, 2.45) is 0 Å². The molecule has 0 aliphatic carbocycles. The summed E-state index contributed by atoms with van der Waals surface area (Å²) in [4.78, 5) is 4.54. The maximum Gasteiger partial charge on any atom is 0.220 e. The van der Waals surface area contributed by atoms with E-state index in [9.17, 15) is 0 Å². The normalized spacial score (nSPS) is 10.8. The molecule has 21 heavy (non-hydrogen) atoms. The molecule has 2 aromatic carbocycles. The number of para-hydroxylation sites is 1. The molecule has 0 saturated carbocycles. The standard InChI is InChI=1S/C17H13BrClNO/c1-11-8-13(6-7-15(11)18)21-17-9-12(10-19)14-4-2-3-5-16(14)20-17/h2-9H,10H2,1H3. The molecule has 0 aliphatic heterocycles. The van der Waals surface area contributed by atoms with Crippen LogP contribution in [0.3, 0.4) is 0 Å². The van der Waals surface area contributed by atoms with Crippen molar-refractivity contribution in [2.45, 2.75) is 12.8 Å². The molecule has 3 aromatic rings. The monoisotopic (exact) mass is 361 g/mol. The number of benzene rings is 2. The Bertz CT molecular complexity index is 804. The summed E-state index contributed by atoms with van der Waals surface area (Å²) in [7, 11) is 0. The first-order valence-corrected chi connectivity index (χ1v) is 7.89. The number of rotatable bonds is 3. The Morgan fingerprint density at radius 1 is 1.14 bits per heavy atom. The van der Waals surface area contributed by atoms with Crippen molar-refractivity contribution in [3.63, 3.8) is 0 Å². The maximum absolute atomic E-state index is 6.04. The van der Waals surface area contributed by atoms with E-state index in [-0.39, 0.29) is 0 Å². The first-order valence-electron chi connectivity index (χ1n) is 6.56. The zero-order chi connectivity index (χ0) is 14.8. The second-order valence-electron chi connectivity index (χ2n) is 4.78. The fraction of sp³-hybridized carbons (Fsp3) is 0.118. The number of ether oxygens (including phenoxy) is 1. The van der Waals surface area contributed by atoms with Crippen LogP contribution in [-0.4, -0.2) is 4.98 Å². The number of halogens is 2. The van der Waals surface area contributed by atoms with Crippen LogP contribution in [-0.2, 0) is 5.88 Å². The van der Waals surface area contributed by atoms with Crippen LogP contribution in [0.15, 0.2) is 53.0 Å². The Labute approximate surface area is 136 Å². The van der Waals surface area contributed by atoms with Crippen LogP contribution in [0, 0.1) is 6.92 Å². The van der Waals surface area contributed by atoms with Crippen LogP contribution >= 0.6 is 27.5 Å². The van der Waals surface area contributed by atoms with Gasteiger partial charge in [-0.3, -0.25) is 0 Å². The molecule has 3 rings (SSSR count). The van der Waals surface area contributed by atoms with Crippen LogP contribution < -0.4 is 4.74 Å². The van der Waals surface area contributed by atoms with Crippen LogP contribution in [0.4, 0.5) is 0 Å². The highest BCUT2D eigenvalue weighted by Gasteiger charge is 2.07. The number of hydrogen-bond acceptors (Lipinski definition) is 2. The quantitative estimate of drug-likeness (QED) is 0.546. The SMILES string of the molecule is Cc1cc(Oc2cc(CCl)c3ccccc3n2)ccc1Br. The summed E-state index contributed by atoms with van der Waals surface area (Å²) in [6.45, 7) is 2.02. The fourth-order valence-corrected chi connectivity index (χ4v) is 2.65. The van der Waals surface area contributed by atoms with E-state index in [0.717, 1.165) is 32.3 Å². The van der Waals surface area contributed by atoms with Gasteiger partial charge in [-0.25, -0.2) is 4.98 Å². The number of nitrogens with zero attached hydrogens (tertiary/aromatic N) is 1. The molecular formula is C17H13BrClNO. The zero-order valence-corrected chi connectivity index (χ0v) is 13.8. The van der Waals surface area contributed by atoms with Crippen molar-refractivity contribution in [3.05, 3.63) is 64.1 Å². The van der Waals surface area contributed by atoms with E-state index in [1.165, 1.54) is 0 Å². The zero-order valence-electron chi connectivity index (χ0n) is 11.4. The van der Waals surface area contributed by atoms with E-state index in [1.54, 1.807) is 0 Å². The van der Waals surface area contributed by atoms with Gasteiger partial charge in [-0.1, -0.05) is 34.1 Å². The lowest BCUT2D eigenvalue weighted by Gasteiger charge is -2.10. The largest absolute Gasteiger partial charge is 0.439 e. The third-order valence-corrected chi connectivity index (χ3v) is 4.45. The number of aromatic nitrogens is 1. The molecule has 106 valence electrons. The molecular weight excluding hydrogens is 350 g/mol. The van der Waals surface area contributed by atoms with Crippen molar-refractivity contribution in [3.8, 4) is 11.6 Å². The van der Waals surface area contributed by atoms with Gasteiger partial charge in [0.15, 0.2) is 0 Å². The molecule has 0 bridgehead atoms.